The number of carbonyl (C=O) groups is 3. The van der Waals surface area contributed by atoms with Crippen LogP contribution in [-0.4, -0.2) is 78.5 Å². The van der Waals surface area contributed by atoms with Crippen LogP contribution in [0.2, 0.25) is 5.02 Å². The first kappa shape index (κ1) is 26.6. The lowest BCUT2D eigenvalue weighted by Gasteiger charge is -2.42. The van der Waals surface area contributed by atoms with Gasteiger partial charge in [0.25, 0.3) is 5.91 Å². The molecule has 196 valence electrons. The molecule has 0 aliphatic carbocycles. The van der Waals surface area contributed by atoms with Crippen LogP contribution in [-0.2, 0) is 9.53 Å². The monoisotopic (exact) mass is 528 g/mol. The molecule has 1 saturated heterocycles. The molecule has 1 fully saturated rings. The number of amides is 3. The maximum atomic E-state index is 13.6. The highest BCUT2D eigenvalue weighted by atomic mass is 35.5. The van der Waals surface area contributed by atoms with Crippen molar-refractivity contribution in [3.63, 3.8) is 0 Å². The zero-order valence-corrected chi connectivity index (χ0v) is 21.8. The van der Waals surface area contributed by atoms with Gasteiger partial charge in [0.1, 0.15) is 5.82 Å². The second-order valence-corrected chi connectivity index (χ2v) is 9.61. The average molecular weight is 529 g/mol. The SMILES string of the molecule is CCOC(=O)C1=C(CN2CCN(C(=O)c3cccc(F)c3)C(C)C2)N(C)C(=O)NC1c1cccc(Cl)c1. The number of nitrogens with zero attached hydrogens (tertiary/aromatic N) is 3. The van der Waals surface area contributed by atoms with E-state index in [-0.39, 0.29) is 24.6 Å². The van der Waals surface area contributed by atoms with E-state index in [9.17, 15) is 18.8 Å². The van der Waals surface area contributed by atoms with Crippen LogP contribution in [0.5, 0.6) is 0 Å². The Bertz CT molecular complexity index is 1240. The van der Waals surface area contributed by atoms with Crippen molar-refractivity contribution in [2.24, 2.45) is 0 Å². The Kier molecular flexibility index (Phi) is 8.14. The number of halogens is 2. The standard InChI is InChI=1S/C27H30ClFN4O4/c1-4-37-26(35)23-22(31(3)27(36)30-24(23)18-7-5-9-20(28)13-18)16-32-11-12-33(17(2)15-32)25(34)19-8-6-10-21(29)14-19/h5-10,13-14,17,24H,4,11-12,15-16H2,1-3H3,(H,30,36). The fourth-order valence-corrected chi connectivity index (χ4v) is 5.01. The lowest BCUT2D eigenvalue weighted by Crippen LogP contribution is -2.56. The average Bonchev–Trinajstić information content (AvgIpc) is 2.86. The Balaban J connectivity index is 1.60. The fraction of sp³-hybridized carbons (Fsp3) is 0.370. The van der Waals surface area contributed by atoms with Gasteiger partial charge in [0.2, 0.25) is 0 Å². The van der Waals surface area contributed by atoms with Crippen LogP contribution in [0.1, 0.15) is 35.8 Å². The summed E-state index contributed by atoms with van der Waals surface area (Å²) in [5.74, 6) is -1.20. The van der Waals surface area contributed by atoms with Crippen molar-refractivity contribution in [3.05, 3.63) is 81.8 Å². The molecule has 2 unspecified atom stereocenters. The smallest absolute Gasteiger partial charge is 0.338 e. The molecule has 2 atom stereocenters. The molecule has 37 heavy (non-hydrogen) atoms. The van der Waals surface area contributed by atoms with Crippen molar-refractivity contribution in [3.8, 4) is 0 Å². The summed E-state index contributed by atoms with van der Waals surface area (Å²) in [6, 6.07) is 11.5. The number of nitrogens with one attached hydrogen (secondary N) is 1. The van der Waals surface area contributed by atoms with Crippen LogP contribution < -0.4 is 5.32 Å². The van der Waals surface area contributed by atoms with E-state index in [0.29, 0.717) is 53.6 Å². The Morgan fingerprint density at radius 2 is 1.92 bits per heavy atom. The third kappa shape index (κ3) is 5.78. The van der Waals surface area contributed by atoms with Crippen molar-refractivity contribution in [1.29, 1.82) is 0 Å². The molecule has 0 radical (unpaired) electrons. The minimum Gasteiger partial charge on any atom is -0.463 e. The van der Waals surface area contributed by atoms with Crippen LogP contribution in [0, 0.1) is 5.82 Å². The van der Waals surface area contributed by atoms with Gasteiger partial charge in [-0.15, -0.1) is 0 Å². The van der Waals surface area contributed by atoms with Gasteiger partial charge >= 0.3 is 12.0 Å². The van der Waals surface area contributed by atoms with Gasteiger partial charge in [-0.3, -0.25) is 14.6 Å². The van der Waals surface area contributed by atoms with Crippen LogP contribution in [0.25, 0.3) is 0 Å². The molecule has 2 aliphatic rings. The molecule has 4 rings (SSSR count). The lowest BCUT2D eigenvalue weighted by atomic mass is 9.94. The number of ether oxygens (including phenoxy) is 1. The summed E-state index contributed by atoms with van der Waals surface area (Å²) in [6.07, 6.45) is 0. The Labute approximate surface area is 220 Å². The third-order valence-electron chi connectivity index (χ3n) is 6.67. The molecular formula is C27H30ClFN4O4. The van der Waals surface area contributed by atoms with Gasteiger partial charge in [-0.05, 0) is 49.7 Å². The largest absolute Gasteiger partial charge is 0.463 e. The van der Waals surface area contributed by atoms with Crippen molar-refractivity contribution in [2.45, 2.75) is 25.9 Å². The molecule has 0 saturated carbocycles. The summed E-state index contributed by atoms with van der Waals surface area (Å²) >= 11 is 6.20. The first-order valence-corrected chi connectivity index (χ1v) is 12.6. The Hall–Kier alpha value is -3.43. The minimum absolute atomic E-state index is 0.164. The summed E-state index contributed by atoms with van der Waals surface area (Å²) in [6.45, 7) is 5.60. The number of piperazine rings is 1. The molecule has 0 bridgehead atoms. The van der Waals surface area contributed by atoms with Gasteiger partial charge in [0.15, 0.2) is 0 Å². The second kappa shape index (κ2) is 11.3. The van der Waals surface area contributed by atoms with Gasteiger partial charge in [-0.1, -0.05) is 29.8 Å². The zero-order valence-electron chi connectivity index (χ0n) is 21.0. The quantitative estimate of drug-likeness (QED) is 0.576. The van der Waals surface area contributed by atoms with Crippen LogP contribution in [0.3, 0.4) is 0 Å². The summed E-state index contributed by atoms with van der Waals surface area (Å²) in [5.41, 5.74) is 1.86. The fourth-order valence-electron chi connectivity index (χ4n) is 4.81. The topological polar surface area (TPSA) is 82.2 Å². The highest BCUT2D eigenvalue weighted by Crippen LogP contribution is 2.33. The van der Waals surface area contributed by atoms with Crippen molar-refractivity contribution < 1.29 is 23.5 Å². The number of likely N-dealkylation sites (N-methyl/N-ethyl adjacent to an activating group) is 1. The van der Waals surface area contributed by atoms with E-state index in [1.165, 1.54) is 23.1 Å². The molecule has 10 heteroatoms. The van der Waals surface area contributed by atoms with Crippen LogP contribution in [0.15, 0.2) is 59.8 Å². The van der Waals surface area contributed by atoms with E-state index in [1.54, 1.807) is 49.2 Å². The third-order valence-corrected chi connectivity index (χ3v) is 6.91. The predicted molar refractivity (Wildman–Crippen MR) is 137 cm³/mol. The first-order chi connectivity index (χ1) is 17.7. The van der Waals surface area contributed by atoms with Gasteiger partial charge in [0.05, 0.1) is 18.2 Å². The molecule has 3 amide bonds. The highest BCUT2D eigenvalue weighted by molar-refractivity contribution is 6.30. The molecule has 0 aromatic heterocycles. The van der Waals surface area contributed by atoms with Crippen molar-refractivity contribution >= 4 is 29.5 Å². The van der Waals surface area contributed by atoms with E-state index in [4.69, 9.17) is 16.3 Å². The first-order valence-electron chi connectivity index (χ1n) is 12.2. The second-order valence-electron chi connectivity index (χ2n) is 9.17. The van der Waals surface area contributed by atoms with E-state index in [2.05, 4.69) is 10.2 Å². The molecule has 2 aromatic carbocycles. The highest BCUT2D eigenvalue weighted by Gasteiger charge is 2.38. The Morgan fingerprint density at radius 1 is 1.16 bits per heavy atom. The van der Waals surface area contributed by atoms with Crippen LogP contribution in [0.4, 0.5) is 9.18 Å². The molecule has 1 N–H and O–H groups in total. The molecule has 2 heterocycles. The normalized spacial score (nSPS) is 20.6. The van der Waals surface area contributed by atoms with E-state index in [1.807, 2.05) is 6.92 Å². The number of urea groups is 1. The number of hydrogen-bond donors (Lipinski definition) is 1. The minimum atomic E-state index is -0.718. The summed E-state index contributed by atoms with van der Waals surface area (Å²) in [5, 5.41) is 3.38. The van der Waals surface area contributed by atoms with Gasteiger partial charge in [-0.2, -0.15) is 0 Å². The summed E-state index contributed by atoms with van der Waals surface area (Å²) in [7, 11) is 1.62. The number of esters is 1. The van der Waals surface area contributed by atoms with Crippen LogP contribution >= 0.6 is 11.6 Å². The van der Waals surface area contributed by atoms with Gasteiger partial charge < -0.3 is 15.0 Å². The molecular weight excluding hydrogens is 499 g/mol. The lowest BCUT2D eigenvalue weighted by molar-refractivity contribution is -0.139. The Morgan fingerprint density at radius 3 is 2.59 bits per heavy atom. The van der Waals surface area contributed by atoms with E-state index in [0.717, 1.165) is 0 Å². The molecule has 8 nitrogen and oxygen atoms in total. The van der Waals surface area contributed by atoms with E-state index >= 15 is 0 Å². The maximum absolute atomic E-state index is 13.6. The zero-order chi connectivity index (χ0) is 26.7. The van der Waals surface area contributed by atoms with E-state index < -0.39 is 17.8 Å². The van der Waals surface area contributed by atoms with Crippen molar-refractivity contribution in [2.75, 3.05) is 39.8 Å². The predicted octanol–water partition coefficient (Wildman–Crippen LogP) is 3.84. The number of hydrogen-bond acceptors (Lipinski definition) is 5. The number of rotatable bonds is 6. The van der Waals surface area contributed by atoms with Gasteiger partial charge in [-0.25, -0.2) is 14.0 Å². The summed E-state index contributed by atoms with van der Waals surface area (Å²) in [4.78, 5) is 44.3. The number of benzene rings is 2. The number of carbonyl (C=O) groups excluding carboxylic acids is 3. The van der Waals surface area contributed by atoms with Crippen molar-refractivity contribution in [1.82, 2.24) is 20.0 Å². The van der Waals surface area contributed by atoms with Gasteiger partial charge in [0, 0.05) is 55.6 Å². The molecule has 2 aromatic rings. The maximum Gasteiger partial charge on any atom is 0.338 e. The summed E-state index contributed by atoms with van der Waals surface area (Å²) < 4.78 is 19.0. The molecule has 0 spiro atoms. The molecule has 2 aliphatic heterocycles.